The van der Waals surface area contributed by atoms with Gasteiger partial charge in [-0.15, -0.1) is 0 Å². The van der Waals surface area contributed by atoms with Crippen molar-refractivity contribution in [1.29, 1.82) is 0 Å². The van der Waals surface area contributed by atoms with Crippen molar-refractivity contribution < 1.29 is 27.5 Å². The molecule has 0 amide bonds. The minimum Gasteiger partial charge on any atom is -0.451 e. The molecule has 0 heterocycles. The van der Waals surface area contributed by atoms with E-state index in [0.29, 0.717) is 0 Å². The summed E-state index contributed by atoms with van der Waals surface area (Å²) >= 11 is 7.92. The first-order valence-electron chi connectivity index (χ1n) is 5.19. The molecule has 3 nitrogen and oxygen atoms in total. The van der Waals surface area contributed by atoms with E-state index in [0.717, 1.165) is 0 Å². The molecular formula is C10H13BrClF3O3. The highest BCUT2D eigenvalue weighted by Gasteiger charge is 2.48. The van der Waals surface area contributed by atoms with Crippen molar-refractivity contribution in [3.05, 3.63) is 0 Å². The molecule has 0 aromatic rings. The van der Waals surface area contributed by atoms with Gasteiger partial charge < -0.3 is 4.74 Å². The fourth-order valence-electron chi connectivity index (χ4n) is 1.32. The van der Waals surface area contributed by atoms with E-state index < -0.39 is 34.2 Å². The minimum atomic E-state index is -4.69. The molecule has 0 aromatic heterocycles. The number of carbonyl (C=O) groups excluding carboxylic acids is 2. The first-order chi connectivity index (χ1) is 8.15. The molecule has 0 N–H and O–H groups in total. The highest BCUT2D eigenvalue weighted by atomic mass is 79.9. The number of halogens is 5. The maximum Gasteiger partial charge on any atom is 0.426 e. The van der Waals surface area contributed by atoms with Crippen LogP contribution in [-0.2, 0) is 14.3 Å². The lowest BCUT2D eigenvalue weighted by Gasteiger charge is -2.28. The van der Waals surface area contributed by atoms with E-state index in [9.17, 15) is 22.8 Å². The van der Waals surface area contributed by atoms with Gasteiger partial charge in [0, 0.05) is 5.33 Å². The monoisotopic (exact) mass is 352 g/mol. The van der Waals surface area contributed by atoms with Gasteiger partial charge in [0.2, 0.25) is 11.3 Å². The van der Waals surface area contributed by atoms with Crippen molar-refractivity contribution in [3.63, 3.8) is 0 Å². The Kier molecular flexibility index (Phi) is 6.63. The third-order valence-corrected chi connectivity index (χ3v) is 3.68. The lowest BCUT2D eigenvalue weighted by Crippen LogP contribution is -2.43. The third kappa shape index (κ3) is 3.85. The maximum atomic E-state index is 12.5. The van der Waals surface area contributed by atoms with Gasteiger partial charge in [-0.05, 0) is 24.4 Å². The topological polar surface area (TPSA) is 43.4 Å². The van der Waals surface area contributed by atoms with Gasteiger partial charge >= 0.3 is 12.1 Å². The lowest BCUT2D eigenvalue weighted by molar-refractivity contribution is -0.220. The Morgan fingerprint density at radius 2 is 1.72 bits per heavy atom. The van der Waals surface area contributed by atoms with Crippen molar-refractivity contribution in [2.45, 2.75) is 39.0 Å². The fraction of sp³-hybridized carbons (Fsp3) is 0.800. The summed E-state index contributed by atoms with van der Waals surface area (Å²) in [7, 11) is 0. The number of rotatable bonds is 6. The second-order valence-corrected chi connectivity index (χ2v) is 4.64. The molecule has 1 unspecified atom stereocenters. The molecule has 0 fully saturated rings. The molecule has 106 valence electrons. The van der Waals surface area contributed by atoms with E-state index in [2.05, 4.69) is 20.7 Å². The summed E-state index contributed by atoms with van der Waals surface area (Å²) in [5, 5.41) is -1.60. The molecule has 1 atom stereocenters. The van der Waals surface area contributed by atoms with E-state index in [-0.39, 0.29) is 12.8 Å². The van der Waals surface area contributed by atoms with Crippen LogP contribution in [0.4, 0.5) is 13.2 Å². The Hall–Kier alpha value is -0.300. The normalized spacial score (nSPS) is 14.2. The number of carbonyl (C=O) groups is 2. The standard InChI is InChI=1S/C10H13BrClF3O3/c1-3-9(4-2,7(12)16)8(17)18-6(5-11)10(13,14)15/h6H,3-5H2,1-2H3. The molecule has 0 bridgehead atoms. The van der Waals surface area contributed by atoms with Crippen LogP contribution in [0.5, 0.6) is 0 Å². The van der Waals surface area contributed by atoms with Crippen molar-refractivity contribution in [3.8, 4) is 0 Å². The van der Waals surface area contributed by atoms with Gasteiger partial charge in [0.05, 0.1) is 0 Å². The first-order valence-corrected chi connectivity index (χ1v) is 6.69. The molecule has 0 rings (SSSR count). The molecular weight excluding hydrogens is 340 g/mol. The van der Waals surface area contributed by atoms with Crippen LogP contribution in [0.3, 0.4) is 0 Å². The minimum absolute atomic E-state index is 0.0163. The fourth-order valence-corrected chi connectivity index (χ4v) is 2.17. The van der Waals surface area contributed by atoms with E-state index in [1.165, 1.54) is 13.8 Å². The Labute approximate surface area is 116 Å². The van der Waals surface area contributed by atoms with Crippen LogP contribution in [0, 0.1) is 5.41 Å². The number of alkyl halides is 4. The van der Waals surface area contributed by atoms with Gasteiger partial charge in [0.25, 0.3) is 0 Å². The molecule has 0 aliphatic rings. The largest absolute Gasteiger partial charge is 0.451 e. The van der Waals surface area contributed by atoms with Crippen molar-refractivity contribution >= 4 is 38.7 Å². The van der Waals surface area contributed by atoms with Crippen LogP contribution in [-0.4, -0.2) is 28.8 Å². The van der Waals surface area contributed by atoms with E-state index >= 15 is 0 Å². The summed E-state index contributed by atoms with van der Waals surface area (Å²) in [6, 6.07) is 0. The van der Waals surface area contributed by atoms with Crippen LogP contribution in [0.25, 0.3) is 0 Å². The predicted octanol–water partition coefficient (Wildman–Crippen LogP) is 3.43. The Morgan fingerprint density at radius 1 is 1.28 bits per heavy atom. The van der Waals surface area contributed by atoms with Gasteiger partial charge in [0.1, 0.15) is 5.41 Å². The van der Waals surface area contributed by atoms with Crippen LogP contribution >= 0.6 is 27.5 Å². The number of ether oxygens (including phenoxy) is 1. The summed E-state index contributed by atoms with van der Waals surface area (Å²) < 4.78 is 41.7. The zero-order valence-electron chi connectivity index (χ0n) is 9.81. The van der Waals surface area contributed by atoms with E-state index in [1.807, 2.05) is 0 Å². The molecule has 0 saturated heterocycles. The highest BCUT2D eigenvalue weighted by molar-refractivity contribution is 9.09. The maximum absolute atomic E-state index is 12.5. The second-order valence-electron chi connectivity index (χ2n) is 3.65. The predicted molar refractivity (Wildman–Crippen MR) is 63.6 cm³/mol. The second kappa shape index (κ2) is 6.75. The van der Waals surface area contributed by atoms with Crippen LogP contribution in [0.2, 0.25) is 0 Å². The number of hydrogen-bond donors (Lipinski definition) is 0. The Bertz CT molecular complexity index is 316. The molecule has 18 heavy (non-hydrogen) atoms. The molecule has 0 saturated carbocycles. The molecule has 8 heteroatoms. The molecule has 0 radical (unpaired) electrons. The Balaban J connectivity index is 5.08. The molecule has 0 spiro atoms. The smallest absolute Gasteiger partial charge is 0.426 e. The van der Waals surface area contributed by atoms with Gasteiger partial charge in [-0.25, -0.2) is 0 Å². The summed E-state index contributed by atoms with van der Waals surface area (Å²) in [6.07, 6.45) is -7.02. The average molecular weight is 354 g/mol. The highest BCUT2D eigenvalue weighted by Crippen LogP contribution is 2.34. The van der Waals surface area contributed by atoms with Crippen molar-refractivity contribution in [2.24, 2.45) is 5.41 Å². The Morgan fingerprint density at radius 3 is 1.94 bits per heavy atom. The van der Waals surface area contributed by atoms with Crippen LogP contribution in [0.15, 0.2) is 0 Å². The van der Waals surface area contributed by atoms with Gasteiger partial charge in [0.15, 0.2) is 0 Å². The van der Waals surface area contributed by atoms with Crippen LogP contribution in [0.1, 0.15) is 26.7 Å². The zero-order chi connectivity index (χ0) is 14.6. The van der Waals surface area contributed by atoms with E-state index in [1.54, 1.807) is 0 Å². The zero-order valence-corrected chi connectivity index (χ0v) is 12.2. The summed E-state index contributed by atoms with van der Waals surface area (Å²) in [5.74, 6) is -1.24. The lowest BCUT2D eigenvalue weighted by atomic mass is 9.84. The first kappa shape index (κ1) is 17.7. The van der Waals surface area contributed by atoms with Crippen molar-refractivity contribution in [1.82, 2.24) is 0 Å². The average Bonchev–Trinajstić information content (AvgIpc) is 2.26. The van der Waals surface area contributed by atoms with Gasteiger partial charge in [-0.3, -0.25) is 9.59 Å². The quantitative estimate of drug-likeness (QED) is 0.318. The molecule has 0 aromatic carbocycles. The number of esters is 1. The van der Waals surface area contributed by atoms with Crippen LogP contribution < -0.4 is 0 Å². The SMILES string of the molecule is CCC(CC)(C(=O)Cl)C(=O)OC(CBr)C(F)(F)F. The summed E-state index contributed by atoms with van der Waals surface area (Å²) in [4.78, 5) is 23.0. The van der Waals surface area contributed by atoms with E-state index in [4.69, 9.17) is 11.6 Å². The van der Waals surface area contributed by atoms with Crippen molar-refractivity contribution in [2.75, 3.05) is 5.33 Å². The van der Waals surface area contributed by atoms with Gasteiger partial charge in [-0.1, -0.05) is 29.8 Å². The molecule has 0 aliphatic carbocycles. The summed E-state index contributed by atoms with van der Waals surface area (Å²) in [6.45, 7) is 2.98. The summed E-state index contributed by atoms with van der Waals surface area (Å²) in [5.41, 5.74) is -1.72. The molecule has 0 aliphatic heterocycles. The number of hydrogen-bond acceptors (Lipinski definition) is 3. The van der Waals surface area contributed by atoms with Gasteiger partial charge in [-0.2, -0.15) is 13.2 Å². The third-order valence-electron chi connectivity index (χ3n) is 2.73.